The third-order valence-electron chi connectivity index (χ3n) is 4.08. The van der Waals surface area contributed by atoms with Crippen molar-refractivity contribution < 1.29 is 31.6 Å². The van der Waals surface area contributed by atoms with Gasteiger partial charge in [-0.3, -0.25) is 0 Å². The van der Waals surface area contributed by atoms with Gasteiger partial charge in [0, 0.05) is 5.02 Å². The smallest absolute Gasteiger partial charge is 0.484 e. The largest absolute Gasteiger partial charge is 0.525 e. The van der Waals surface area contributed by atoms with Crippen molar-refractivity contribution in [3.63, 3.8) is 0 Å². The molecule has 0 unspecified atom stereocenters. The highest BCUT2D eigenvalue weighted by molar-refractivity contribution is 6.54. The average molecular weight is 381 g/mol. The Balaban J connectivity index is 2.19. The standard InChI is InChI=1S/C16H18BClF4O3/c1-14(2)15(3,4)25-17(24-14)13(19)7-10-5-11(18)8-12(6-10)23-9-16(20,21)22/h5-8H,9H2,1-4H3. The van der Waals surface area contributed by atoms with Gasteiger partial charge in [0.25, 0.3) is 0 Å². The SMILES string of the molecule is CC1(C)OB(C(F)=Cc2cc(Cl)cc(OCC(F)(F)F)c2)OC1(C)C. The molecule has 25 heavy (non-hydrogen) atoms. The predicted octanol–water partition coefficient (Wildman–Crippen LogP) is 5.22. The Hall–Kier alpha value is -1.25. The molecule has 138 valence electrons. The second-order valence-electron chi connectivity index (χ2n) is 6.74. The summed E-state index contributed by atoms with van der Waals surface area (Å²) < 4.78 is 67.0. The molecule has 1 aromatic rings. The zero-order valence-electron chi connectivity index (χ0n) is 14.2. The summed E-state index contributed by atoms with van der Waals surface area (Å²) in [5.74, 6) is -0.113. The van der Waals surface area contributed by atoms with Crippen LogP contribution in [0.2, 0.25) is 5.02 Å². The van der Waals surface area contributed by atoms with Gasteiger partial charge < -0.3 is 14.0 Å². The molecule has 0 aliphatic carbocycles. The van der Waals surface area contributed by atoms with E-state index in [-0.39, 0.29) is 16.3 Å². The Labute approximate surface area is 149 Å². The highest BCUT2D eigenvalue weighted by Crippen LogP contribution is 2.39. The van der Waals surface area contributed by atoms with E-state index >= 15 is 0 Å². The molecule has 0 saturated carbocycles. The molecule has 0 bridgehead atoms. The van der Waals surface area contributed by atoms with E-state index in [2.05, 4.69) is 4.74 Å². The topological polar surface area (TPSA) is 27.7 Å². The Morgan fingerprint density at radius 1 is 1.16 bits per heavy atom. The van der Waals surface area contributed by atoms with Crippen LogP contribution in [0, 0.1) is 0 Å². The van der Waals surface area contributed by atoms with Crippen LogP contribution >= 0.6 is 11.6 Å². The van der Waals surface area contributed by atoms with Crippen LogP contribution < -0.4 is 4.74 Å². The zero-order chi connectivity index (χ0) is 19.0. The van der Waals surface area contributed by atoms with Gasteiger partial charge in [0.15, 0.2) is 6.61 Å². The molecular formula is C16H18BClF4O3. The predicted molar refractivity (Wildman–Crippen MR) is 88.2 cm³/mol. The van der Waals surface area contributed by atoms with Crippen molar-refractivity contribution in [3.8, 4) is 5.75 Å². The van der Waals surface area contributed by atoms with Gasteiger partial charge in [-0.2, -0.15) is 13.2 Å². The van der Waals surface area contributed by atoms with E-state index < -0.39 is 36.8 Å². The first kappa shape index (κ1) is 20.1. The van der Waals surface area contributed by atoms with E-state index in [1.54, 1.807) is 27.7 Å². The van der Waals surface area contributed by atoms with E-state index in [9.17, 15) is 17.6 Å². The number of alkyl halides is 3. The number of halogens is 5. The number of rotatable bonds is 4. The third-order valence-corrected chi connectivity index (χ3v) is 4.30. The number of ether oxygens (including phenoxy) is 1. The van der Waals surface area contributed by atoms with Gasteiger partial charge in [0.05, 0.1) is 11.2 Å². The van der Waals surface area contributed by atoms with E-state index in [1.165, 1.54) is 18.2 Å². The fourth-order valence-corrected chi connectivity index (χ4v) is 2.33. The maximum absolute atomic E-state index is 14.5. The summed E-state index contributed by atoms with van der Waals surface area (Å²) in [6.45, 7) is 5.66. The van der Waals surface area contributed by atoms with Gasteiger partial charge in [-0.15, -0.1) is 0 Å². The van der Waals surface area contributed by atoms with Gasteiger partial charge in [0.1, 0.15) is 11.5 Å². The number of benzene rings is 1. The normalized spacial score (nSPS) is 20.0. The quantitative estimate of drug-likeness (QED) is 0.529. The van der Waals surface area contributed by atoms with Crippen molar-refractivity contribution in [1.82, 2.24) is 0 Å². The minimum Gasteiger partial charge on any atom is -0.484 e. The van der Waals surface area contributed by atoms with Crippen LogP contribution in [0.1, 0.15) is 33.3 Å². The summed E-state index contributed by atoms with van der Waals surface area (Å²) in [5.41, 5.74) is -1.91. The van der Waals surface area contributed by atoms with Crippen LogP contribution in [-0.2, 0) is 9.31 Å². The minimum absolute atomic E-state index is 0.113. The lowest BCUT2D eigenvalue weighted by Gasteiger charge is -2.32. The van der Waals surface area contributed by atoms with Crippen molar-refractivity contribution in [2.24, 2.45) is 0 Å². The summed E-state index contributed by atoms with van der Waals surface area (Å²) >= 11 is 5.86. The molecule has 1 saturated heterocycles. The minimum atomic E-state index is -4.48. The van der Waals surface area contributed by atoms with Crippen LogP contribution in [0.3, 0.4) is 0 Å². The van der Waals surface area contributed by atoms with Crippen LogP contribution in [0.4, 0.5) is 17.6 Å². The number of hydrogen-bond donors (Lipinski definition) is 0. The molecule has 0 spiro atoms. The summed E-state index contributed by atoms with van der Waals surface area (Å²) in [4.78, 5) is 0. The Bertz CT molecular complexity index is 658. The summed E-state index contributed by atoms with van der Waals surface area (Å²) in [5, 5.41) is 0.118. The van der Waals surface area contributed by atoms with E-state index in [0.29, 0.717) is 0 Å². The molecule has 1 aromatic carbocycles. The summed E-state index contributed by atoms with van der Waals surface area (Å²) in [7, 11) is -1.21. The molecule has 9 heteroatoms. The molecule has 3 nitrogen and oxygen atoms in total. The van der Waals surface area contributed by atoms with Crippen molar-refractivity contribution in [2.45, 2.75) is 45.1 Å². The first-order valence-corrected chi connectivity index (χ1v) is 7.90. The van der Waals surface area contributed by atoms with Gasteiger partial charge in [-0.25, -0.2) is 4.39 Å². The molecule has 1 fully saturated rings. The molecule has 1 aliphatic heterocycles. The van der Waals surface area contributed by atoms with Crippen LogP contribution in [0.15, 0.2) is 23.9 Å². The highest BCUT2D eigenvalue weighted by atomic mass is 35.5. The van der Waals surface area contributed by atoms with Gasteiger partial charge in [0.2, 0.25) is 0 Å². The molecule has 1 heterocycles. The van der Waals surface area contributed by atoms with Crippen LogP contribution in [0.25, 0.3) is 6.08 Å². The van der Waals surface area contributed by atoms with Crippen molar-refractivity contribution >= 4 is 24.8 Å². The first-order valence-electron chi connectivity index (χ1n) is 7.52. The monoisotopic (exact) mass is 380 g/mol. The van der Waals surface area contributed by atoms with E-state index in [4.69, 9.17) is 20.9 Å². The van der Waals surface area contributed by atoms with Crippen molar-refractivity contribution in [1.29, 1.82) is 0 Å². The zero-order valence-corrected chi connectivity index (χ0v) is 15.0. The van der Waals surface area contributed by atoms with Crippen molar-refractivity contribution in [2.75, 3.05) is 6.61 Å². The molecule has 0 atom stereocenters. The van der Waals surface area contributed by atoms with Gasteiger partial charge in [-0.1, -0.05) is 11.6 Å². The van der Waals surface area contributed by atoms with Crippen LogP contribution in [0.5, 0.6) is 5.75 Å². The second kappa shape index (κ2) is 6.81. The molecule has 0 radical (unpaired) electrons. The molecular weight excluding hydrogens is 362 g/mol. The maximum Gasteiger partial charge on any atom is 0.525 e. The lowest BCUT2D eigenvalue weighted by Crippen LogP contribution is -2.41. The second-order valence-corrected chi connectivity index (χ2v) is 7.18. The number of hydrogen-bond acceptors (Lipinski definition) is 3. The highest BCUT2D eigenvalue weighted by Gasteiger charge is 2.53. The average Bonchev–Trinajstić information content (AvgIpc) is 2.64. The summed E-state index contributed by atoms with van der Waals surface area (Å²) in [6.07, 6.45) is -3.39. The fourth-order valence-electron chi connectivity index (χ4n) is 2.10. The molecule has 0 aromatic heterocycles. The van der Waals surface area contributed by atoms with Crippen molar-refractivity contribution in [3.05, 3.63) is 34.5 Å². The maximum atomic E-state index is 14.5. The van der Waals surface area contributed by atoms with Gasteiger partial charge >= 0.3 is 13.3 Å². The molecule has 2 rings (SSSR count). The molecule has 1 aliphatic rings. The Kier molecular flexibility index (Phi) is 5.47. The van der Waals surface area contributed by atoms with Gasteiger partial charge in [-0.05, 0) is 57.5 Å². The van der Waals surface area contributed by atoms with E-state index in [0.717, 1.165) is 6.08 Å². The summed E-state index contributed by atoms with van der Waals surface area (Å²) in [6, 6.07) is 3.87. The molecule has 0 amide bonds. The third kappa shape index (κ3) is 5.12. The van der Waals surface area contributed by atoms with Crippen LogP contribution in [-0.4, -0.2) is 31.1 Å². The van der Waals surface area contributed by atoms with E-state index in [1.807, 2.05) is 0 Å². The Morgan fingerprint density at radius 2 is 1.72 bits per heavy atom. The first-order chi connectivity index (χ1) is 11.3. The molecule has 0 N–H and O–H groups in total. The Morgan fingerprint density at radius 3 is 2.24 bits per heavy atom. The lowest BCUT2D eigenvalue weighted by atomic mass is 9.87. The lowest BCUT2D eigenvalue weighted by molar-refractivity contribution is -0.153. The fraction of sp³-hybridized carbons (Fsp3) is 0.500.